The lowest BCUT2D eigenvalue weighted by atomic mass is 10.2. The number of carbonyl (C=O) groups excluding carboxylic acids is 1. The van der Waals surface area contributed by atoms with Gasteiger partial charge in [0.15, 0.2) is 0 Å². The molecule has 3 aromatic rings. The molecule has 2 aromatic carbocycles. The van der Waals surface area contributed by atoms with Gasteiger partial charge in [-0.1, -0.05) is 33.6 Å². The first kappa shape index (κ1) is 21.3. The fourth-order valence-corrected chi connectivity index (χ4v) is 4.31. The Labute approximate surface area is 191 Å². The van der Waals surface area contributed by atoms with E-state index >= 15 is 0 Å². The van der Waals surface area contributed by atoms with Gasteiger partial charge < -0.3 is 9.32 Å². The van der Waals surface area contributed by atoms with Crippen molar-refractivity contribution in [3.8, 4) is 11.5 Å². The van der Waals surface area contributed by atoms with Crippen LogP contribution in [0.3, 0.4) is 0 Å². The molecule has 1 aliphatic rings. The van der Waals surface area contributed by atoms with Crippen molar-refractivity contribution in [1.82, 2.24) is 15.1 Å². The fourth-order valence-electron chi connectivity index (χ4n) is 2.95. The molecule has 9 heteroatoms. The number of benzene rings is 2. The van der Waals surface area contributed by atoms with Crippen molar-refractivity contribution in [3.05, 3.63) is 69.2 Å². The Hall–Kier alpha value is -1.90. The Morgan fingerprint density at radius 1 is 1.23 bits per heavy atom. The molecule has 0 radical (unpaired) electrons. The summed E-state index contributed by atoms with van der Waals surface area (Å²) in [5, 5.41) is 8.80. The molecule has 156 valence electrons. The summed E-state index contributed by atoms with van der Waals surface area (Å²) in [5.41, 5.74) is 1.35. The highest BCUT2D eigenvalue weighted by molar-refractivity contribution is 9.10. The summed E-state index contributed by atoms with van der Waals surface area (Å²) in [6.07, 6.45) is 1.94. The van der Waals surface area contributed by atoms with Crippen molar-refractivity contribution in [1.29, 1.82) is 0 Å². The zero-order valence-corrected chi connectivity index (χ0v) is 19.0. The van der Waals surface area contributed by atoms with Gasteiger partial charge in [0, 0.05) is 26.9 Å². The zero-order valence-electron chi connectivity index (χ0n) is 15.9. The highest BCUT2D eigenvalue weighted by atomic mass is 79.9. The molecule has 0 atom stereocenters. The van der Waals surface area contributed by atoms with Gasteiger partial charge in [-0.15, -0.1) is 22.0 Å². The second kappa shape index (κ2) is 9.49. The quantitative estimate of drug-likeness (QED) is 0.388. The van der Waals surface area contributed by atoms with Gasteiger partial charge >= 0.3 is 0 Å². The Morgan fingerprint density at radius 2 is 2.00 bits per heavy atom. The minimum absolute atomic E-state index is 0.00809. The van der Waals surface area contributed by atoms with E-state index in [0.717, 1.165) is 18.4 Å². The van der Waals surface area contributed by atoms with Crippen molar-refractivity contribution in [3.63, 3.8) is 0 Å². The van der Waals surface area contributed by atoms with Crippen molar-refractivity contribution in [2.75, 3.05) is 5.75 Å². The minimum atomic E-state index is -0.274. The van der Waals surface area contributed by atoms with E-state index in [2.05, 4.69) is 26.1 Å². The van der Waals surface area contributed by atoms with Gasteiger partial charge in [0.05, 0.1) is 12.3 Å². The summed E-state index contributed by atoms with van der Waals surface area (Å²) in [4.78, 5) is 14.6. The average molecular weight is 511 g/mol. The highest BCUT2D eigenvalue weighted by Gasteiger charge is 2.33. The molecule has 1 aliphatic carbocycles. The molecular formula is C21H18BrClFN3O2S. The van der Waals surface area contributed by atoms with Gasteiger partial charge in [0.2, 0.25) is 17.7 Å². The summed E-state index contributed by atoms with van der Waals surface area (Å²) >= 11 is 10.6. The molecule has 5 nitrogen and oxygen atoms in total. The molecule has 0 unspecified atom stereocenters. The summed E-state index contributed by atoms with van der Waals surface area (Å²) in [7, 11) is 0. The summed E-state index contributed by atoms with van der Waals surface area (Å²) in [5.74, 6) is 1.21. The van der Waals surface area contributed by atoms with Crippen LogP contribution in [0.2, 0.25) is 5.02 Å². The molecule has 0 bridgehead atoms. The number of carbonyl (C=O) groups is 1. The van der Waals surface area contributed by atoms with E-state index in [1.807, 2.05) is 0 Å². The molecule has 0 N–H and O–H groups in total. The molecule has 30 heavy (non-hydrogen) atoms. The van der Waals surface area contributed by atoms with Crippen LogP contribution in [0.25, 0.3) is 11.5 Å². The Bertz CT molecular complexity index is 1040. The third-order valence-corrected chi connectivity index (χ3v) is 6.38. The molecule has 1 aromatic heterocycles. The van der Waals surface area contributed by atoms with E-state index in [-0.39, 0.29) is 30.1 Å². The molecule has 1 heterocycles. The van der Waals surface area contributed by atoms with Crippen LogP contribution in [0.1, 0.15) is 24.3 Å². The Balaban J connectivity index is 1.36. The van der Waals surface area contributed by atoms with Crippen LogP contribution in [-0.4, -0.2) is 32.8 Å². The van der Waals surface area contributed by atoms with Crippen LogP contribution in [0, 0.1) is 5.82 Å². The first-order valence-electron chi connectivity index (χ1n) is 9.39. The topological polar surface area (TPSA) is 59.2 Å². The van der Waals surface area contributed by atoms with Crippen molar-refractivity contribution >= 4 is 45.2 Å². The van der Waals surface area contributed by atoms with E-state index in [9.17, 15) is 9.18 Å². The van der Waals surface area contributed by atoms with E-state index in [1.165, 1.54) is 17.8 Å². The molecule has 4 rings (SSSR count). The van der Waals surface area contributed by atoms with Crippen LogP contribution in [0.15, 0.2) is 51.4 Å². The molecule has 0 aliphatic heterocycles. The van der Waals surface area contributed by atoms with E-state index < -0.39 is 0 Å². The summed E-state index contributed by atoms with van der Waals surface area (Å²) in [6, 6.07) is 12.3. The maximum absolute atomic E-state index is 13.9. The van der Waals surface area contributed by atoms with Gasteiger partial charge in [-0.2, -0.15) is 0 Å². The molecular weight excluding hydrogens is 493 g/mol. The van der Waals surface area contributed by atoms with Gasteiger partial charge in [0.1, 0.15) is 5.82 Å². The molecule has 1 fully saturated rings. The predicted octanol–water partition coefficient (Wildman–Crippen LogP) is 5.72. The number of hydrogen-bond acceptors (Lipinski definition) is 5. The third-order valence-electron chi connectivity index (χ3n) is 4.67. The lowest BCUT2D eigenvalue weighted by Crippen LogP contribution is -2.34. The van der Waals surface area contributed by atoms with Crippen LogP contribution >= 0.6 is 39.3 Å². The zero-order chi connectivity index (χ0) is 21.1. The minimum Gasteiger partial charge on any atom is -0.419 e. The summed E-state index contributed by atoms with van der Waals surface area (Å²) in [6.45, 7) is 0.275. The number of aromatic nitrogens is 2. The third kappa shape index (κ3) is 5.42. The molecule has 1 saturated carbocycles. The van der Waals surface area contributed by atoms with Crippen molar-refractivity contribution in [2.45, 2.75) is 31.2 Å². The number of nitrogens with zero attached hydrogens (tertiary/aromatic N) is 3. The second-order valence-corrected chi connectivity index (χ2v) is 9.33. The Kier molecular flexibility index (Phi) is 6.75. The number of thioether (sulfide) groups is 1. The van der Waals surface area contributed by atoms with Crippen LogP contribution in [0.5, 0.6) is 0 Å². The standard InChI is InChI=1S/C21H18BrClFN3O2S/c22-15-4-1-14(18(24)9-15)11-30-12-20(28)27(17-7-8-17)10-19-25-26-21(29-19)13-2-5-16(23)6-3-13/h1-6,9,17H,7-8,10-12H2. The number of halogens is 3. The Morgan fingerprint density at radius 3 is 2.70 bits per heavy atom. The lowest BCUT2D eigenvalue weighted by molar-refractivity contribution is -0.129. The molecule has 1 amide bonds. The van der Waals surface area contributed by atoms with E-state index in [4.69, 9.17) is 16.0 Å². The average Bonchev–Trinajstić information content (AvgIpc) is 3.46. The van der Waals surface area contributed by atoms with Crippen molar-refractivity contribution < 1.29 is 13.6 Å². The predicted molar refractivity (Wildman–Crippen MR) is 119 cm³/mol. The smallest absolute Gasteiger partial charge is 0.247 e. The van der Waals surface area contributed by atoms with Crippen LogP contribution in [0.4, 0.5) is 4.39 Å². The van der Waals surface area contributed by atoms with Crippen LogP contribution in [-0.2, 0) is 17.1 Å². The normalized spacial score (nSPS) is 13.4. The van der Waals surface area contributed by atoms with Gasteiger partial charge in [-0.05, 0) is 54.8 Å². The monoisotopic (exact) mass is 509 g/mol. The summed E-state index contributed by atoms with van der Waals surface area (Å²) < 4.78 is 20.4. The number of rotatable bonds is 8. The van der Waals surface area contributed by atoms with Gasteiger partial charge in [-0.25, -0.2) is 4.39 Å². The maximum Gasteiger partial charge on any atom is 0.247 e. The first-order valence-corrected chi connectivity index (χ1v) is 11.7. The highest BCUT2D eigenvalue weighted by Crippen LogP contribution is 2.30. The lowest BCUT2D eigenvalue weighted by Gasteiger charge is -2.20. The van der Waals surface area contributed by atoms with E-state index in [1.54, 1.807) is 41.3 Å². The SMILES string of the molecule is O=C(CSCc1ccc(Br)cc1F)N(Cc1nnc(-c2ccc(Cl)cc2)o1)C1CC1. The second-order valence-electron chi connectivity index (χ2n) is 6.99. The molecule has 0 saturated heterocycles. The maximum atomic E-state index is 13.9. The van der Waals surface area contributed by atoms with E-state index in [0.29, 0.717) is 32.6 Å². The molecule has 0 spiro atoms. The fraction of sp³-hybridized carbons (Fsp3) is 0.286. The van der Waals surface area contributed by atoms with Gasteiger partial charge in [-0.3, -0.25) is 4.79 Å². The first-order chi connectivity index (χ1) is 14.5. The van der Waals surface area contributed by atoms with Crippen LogP contribution < -0.4 is 0 Å². The number of hydrogen-bond donors (Lipinski definition) is 0. The van der Waals surface area contributed by atoms with Gasteiger partial charge in [0.25, 0.3) is 0 Å². The van der Waals surface area contributed by atoms with Crippen molar-refractivity contribution in [2.24, 2.45) is 0 Å². The largest absolute Gasteiger partial charge is 0.419 e. The number of amides is 1.